The summed E-state index contributed by atoms with van der Waals surface area (Å²) in [6.07, 6.45) is 4.34. The standard InChI is InChI=1S/C30H29ClF2N6O3.C2H6/c31-20-4-3-16-11-18(40)12-19(21(16)23(20)32)25-24(33)26-22-27(39-10-7-34-13-17(39)14-41-28(22)35-25)37-29(36-26)42-15-30-5-1-8-38(30)9-2-6-30;1-2/h3-4,11-12,17,34,40H,1-2,5-10,13-15H2;1-2H3/t17-;/m0./s1. The van der Waals surface area contributed by atoms with Crippen molar-refractivity contribution in [3.63, 3.8) is 0 Å². The van der Waals surface area contributed by atoms with Crippen molar-refractivity contribution in [1.29, 1.82) is 0 Å². The lowest BCUT2D eigenvalue weighted by atomic mass is 9.95. The Morgan fingerprint density at radius 2 is 1.86 bits per heavy atom. The number of rotatable bonds is 4. The zero-order chi connectivity index (χ0) is 30.6. The molecule has 4 aliphatic heterocycles. The van der Waals surface area contributed by atoms with Crippen molar-refractivity contribution in [3.8, 4) is 28.9 Å². The van der Waals surface area contributed by atoms with E-state index in [4.69, 9.17) is 26.1 Å². The molecule has 2 aromatic carbocycles. The average Bonchev–Trinajstić information content (AvgIpc) is 3.58. The summed E-state index contributed by atoms with van der Waals surface area (Å²) in [4.78, 5) is 18.6. The first-order chi connectivity index (χ1) is 21.4. The summed E-state index contributed by atoms with van der Waals surface area (Å²) in [6.45, 7) is 8.84. The van der Waals surface area contributed by atoms with Crippen LogP contribution >= 0.6 is 11.6 Å². The minimum Gasteiger partial charge on any atom is -0.508 e. The van der Waals surface area contributed by atoms with Crippen LogP contribution in [0.2, 0.25) is 5.02 Å². The highest BCUT2D eigenvalue weighted by Crippen LogP contribution is 2.44. The van der Waals surface area contributed by atoms with Crippen LogP contribution in [-0.2, 0) is 0 Å². The second-order valence-electron chi connectivity index (χ2n) is 11.7. The lowest BCUT2D eigenvalue weighted by Gasteiger charge is -2.35. The Balaban J connectivity index is 0.00000153. The molecule has 3 fully saturated rings. The van der Waals surface area contributed by atoms with Crippen LogP contribution in [0.3, 0.4) is 0 Å². The maximum absolute atomic E-state index is 16.7. The van der Waals surface area contributed by atoms with Crippen molar-refractivity contribution < 1.29 is 23.4 Å². The zero-order valence-electron chi connectivity index (χ0n) is 24.8. The van der Waals surface area contributed by atoms with Crippen LogP contribution in [0.5, 0.6) is 17.6 Å². The summed E-state index contributed by atoms with van der Waals surface area (Å²) in [5, 5.41) is 14.5. The first kappa shape index (κ1) is 29.2. The molecule has 0 unspecified atom stereocenters. The molecule has 9 nitrogen and oxygen atoms in total. The van der Waals surface area contributed by atoms with E-state index in [1.165, 1.54) is 18.2 Å². The van der Waals surface area contributed by atoms with Crippen LogP contribution in [0.4, 0.5) is 14.6 Å². The Morgan fingerprint density at radius 3 is 2.66 bits per heavy atom. The molecule has 1 atom stereocenters. The van der Waals surface area contributed by atoms with E-state index >= 15 is 8.78 Å². The molecule has 8 rings (SSSR count). The second-order valence-corrected chi connectivity index (χ2v) is 12.1. The number of nitrogens with zero attached hydrogens (tertiary/aromatic N) is 5. The van der Waals surface area contributed by atoms with Gasteiger partial charge in [-0.25, -0.2) is 13.8 Å². The van der Waals surface area contributed by atoms with E-state index in [1.807, 2.05) is 13.8 Å². The van der Waals surface area contributed by atoms with Crippen LogP contribution < -0.4 is 19.7 Å². The number of halogens is 3. The molecule has 0 radical (unpaired) electrons. The number of hydrogen-bond donors (Lipinski definition) is 2. The number of benzene rings is 2. The highest BCUT2D eigenvalue weighted by molar-refractivity contribution is 6.31. The number of hydrogen-bond acceptors (Lipinski definition) is 9. The van der Waals surface area contributed by atoms with Crippen molar-refractivity contribution in [2.75, 3.05) is 50.8 Å². The first-order valence-corrected chi connectivity index (χ1v) is 15.8. The number of aromatic hydroxyl groups is 1. The van der Waals surface area contributed by atoms with Crippen molar-refractivity contribution in [3.05, 3.63) is 40.9 Å². The normalized spacial score (nSPS) is 20.5. The molecule has 0 aliphatic carbocycles. The molecule has 232 valence electrons. The highest BCUT2D eigenvalue weighted by Gasteiger charge is 2.45. The largest absolute Gasteiger partial charge is 0.508 e. The molecule has 4 aromatic rings. The molecule has 0 spiro atoms. The number of aromatic nitrogens is 3. The van der Waals surface area contributed by atoms with Gasteiger partial charge in [-0.05, 0) is 62.4 Å². The number of phenolic OH excluding ortho intramolecular Hbond substituents is 1. The van der Waals surface area contributed by atoms with Gasteiger partial charge in [0, 0.05) is 30.6 Å². The summed E-state index contributed by atoms with van der Waals surface area (Å²) >= 11 is 6.12. The quantitative estimate of drug-likeness (QED) is 0.297. The molecule has 0 bridgehead atoms. The number of fused-ring (bicyclic) bond motifs is 4. The summed E-state index contributed by atoms with van der Waals surface area (Å²) in [6, 6.07) is 5.66. The van der Waals surface area contributed by atoms with Crippen LogP contribution in [0.15, 0.2) is 24.3 Å². The predicted molar refractivity (Wildman–Crippen MR) is 166 cm³/mol. The Bertz CT molecular complexity index is 1750. The SMILES string of the molecule is CC.Oc1cc(-c2nc3c4c(nc(OCC56CCCN5CCC6)nc4c2F)N2CCNC[C@H]2CO3)c2c(F)c(Cl)ccc2c1. The molecule has 0 amide bonds. The van der Waals surface area contributed by atoms with E-state index < -0.39 is 11.6 Å². The summed E-state index contributed by atoms with van der Waals surface area (Å²) in [5.74, 6) is -1.03. The molecule has 2 N–H and O–H groups in total. The summed E-state index contributed by atoms with van der Waals surface area (Å²) in [5.41, 5.74) is -0.232. The topological polar surface area (TPSA) is 95.9 Å². The maximum atomic E-state index is 16.7. The molecular weight excluding hydrogens is 590 g/mol. The fraction of sp³-hybridized carbons (Fsp3) is 0.469. The zero-order valence-corrected chi connectivity index (χ0v) is 25.6. The first-order valence-electron chi connectivity index (χ1n) is 15.4. The number of ether oxygens (including phenoxy) is 2. The van der Waals surface area contributed by atoms with Gasteiger partial charge < -0.3 is 24.8 Å². The molecule has 4 aliphatic rings. The summed E-state index contributed by atoms with van der Waals surface area (Å²) in [7, 11) is 0. The van der Waals surface area contributed by atoms with E-state index in [0.717, 1.165) is 45.3 Å². The molecule has 44 heavy (non-hydrogen) atoms. The van der Waals surface area contributed by atoms with Gasteiger partial charge in [0.15, 0.2) is 5.82 Å². The fourth-order valence-electron chi connectivity index (χ4n) is 7.25. The number of piperazine rings is 1. The van der Waals surface area contributed by atoms with E-state index in [9.17, 15) is 5.11 Å². The van der Waals surface area contributed by atoms with Crippen LogP contribution in [-0.4, -0.2) is 82.5 Å². The third-order valence-corrected chi connectivity index (χ3v) is 9.57. The summed E-state index contributed by atoms with van der Waals surface area (Å²) < 4.78 is 44.6. The lowest BCUT2D eigenvalue weighted by molar-refractivity contribution is 0.108. The van der Waals surface area contributed by atoms with Gasteiger partial charge in [-0.3, -0.25) is 4.90 Å². The van der Waals surface area contributed by atoms with Crippen molar-refractivity contribution in [2.45, 2.75) is 51.1 Å². The molecule has 0 saturated carbocycles. The highest BCUT2D eigenvalue weighted by atomic mass is 35.5. The minimum absolute atomic E-state index is 0.0275. The van der Waals surface area contributed by atoms with Crippen LogP contribution in [0, 0.1) is 11.6 Å². The lowest BCUT2D eigenvalue weighted by Crippen LogP contribution is -2.53. The third kappa shape index (κ3) is 4.67. The van der Waals surface area contributed by atoms with Crippen molar-refractivity contribution in [1.82, 2.24) is 25.2 Å². The van der Waals surface area contributed by atoms with Gasteiger partial charge in [-0.15, -0.1) is 0 Å². The van der Waals surface area contributed by atoms with Crippen molar-refractivity contribution in [2.24, 2.45) is 0 Å². The monoisotopic (exact) mass is 624 g/mol. The Hall–Kier alpha value is -3.54. The predicted octanol–water partition coefficient (Wildman–Crippen LogP) is 5.69. The fourth-order valence-corrected chi connectivity index (χ4v) is 7.41. The Kier molecular flexibility index (Phi) is 7.58. The minimum atomic E-state index is -0.785. The Morgan fingerprint density at radius 1 is 1.07 bits per heavy atom. The van der Waals surface area contributed by atoms with E-state index in [0.29, 0.717) is 36.3 Å². The van der Waals surface area contributed by atoms with Gasteiger partial charge in [0.2, 0.25) is 5.88 Å². The van der Waals surface area contributed by atoms with E-state index in [-0.39, 0.29) is 63.0 Å². The van der Waals surface area contributed by atoms with Gasteiger partial charge in [0.1, 0.15) is 47.2 Å². The third-order valence-electron chi connectivity index (χ3n) is 9.28. The van der Waals surface area contributed by atoms with Crippen molar-refractivity contribution >= 4 is 39.1 Å². The molecule has 3 saturated heterocycles. The van der Waals surface area contributed by atoms with Gasteiger partial charge in [-0.2, -0.15) is 9.97 Å². The van der Waals surface area contributed by atoms with E-state index in [1.54, 1.807) is 6.07 Å². The average molecular weight is 625 g/mol. The number of anilines is 1. The van der Waals surface area contributed by atoms with Gasteiger partial charge >= 0.3 is 6.01 Å². The molecule has 12 heteroatoms. The second kappa shape index (κ2) is 11.4. The molecule has 2 aromatic heterocycles. The number of nitrogens with one attached hydrogen (secondary N) is 1. The van der Waals surface area contributed by atoms with Gasteiger partial charge in [0.05, 0.1) is 16.6 Å². The van der Waals surface area contributed by atoms with Crippen LogP contribution in [0.25, 0.3) is 32.9 Å². The Labute approximate surface area is 259 Å². The van der Waals surface area contributed by atoms with Gasteiger partial charge in [-0.1, -0.05) is 31.5 Å². The van der Waals surface area contributed by atoms with Crippen LogP contribution in [0.1, 0.15) is 39.5 Å². The molecular formula is C32H35ClF2N6O3. The van der Waals surface area contributed by atoms with Gasteiger partial charge in [0.25, 0.3) is 0 Å². The number of phenols is 1. The maximum Gasteiger partial charge on any atom is 0.319 e. The smallest absolute Gasteiger partial charge is 0.319 e. The van der Waals surface area contributed by atoms with E-state index in [2.05, 4.69) is 25.1 Å². The molecule has 6 heterocycles. The number of pyridine rings is 1.